The monoisotopic (exact) mass is 329 g/mol. The van der Waals surface area contributed by atoms with Crippen LogP contribution in [0.15, 0.2) is 48.2 Å². The molecule has 5 nitrogen and oxygen atoms in total. The number of fused-ring (bicyclic) bond motifs is 1. The Morgan fingerprint density at radius 1 is 1.38 bits per heavy atom. The van der Waals surface area contributed by atoms with Gasteiger partial charge in [0.05, 0.1) is 6.10 Å². The quantitative estimate of drug-likeness (QED) is 0.520. The van der Waals surface area contributed by atoms with Crippen LogP contribution in [0.4, 0.5) is 0 Å². The largest absolute Gasteiger partial charge is 0.394 e. The van der Waals surface area contributed by atoms with Crippen LogP contribution in [0.3, 0.4) is 0 Å². The molecule has 1 aliphatic rings. The number of nitrogens with one attached hydrogen (secondary N) is 2. The van der Waals surface area contributed by atoms with Crippen molar-refractivity contribution in [3.8, 4) is 0 Å². The summed E-state index contributed by atoms with van der Waals surface area (Å²) in [7, 11) is 1.78. The first-order valence-electron chi connectivity index (χ1n) is 8.39. The maximum Gasteiger partial charge on any atom is 0.251 e. The lowest BCUT2D eigenvalue weighted by atomic mass is 10.00. The minimum absolute atomic E-state index is 0.174. The van der Waals surface area contributed by atoms with Crippen LogP contribution in [0.25, 0.3) is 0 Å². The number of benzene rings is 1. The molecule has 0 saturated carbocycles. The molecule has 1 aromatic carbocycles. The zero-order chi connectivity index (χ0) is 17.4. The van der Waals surface area contributed by atoms with E-state index in [1.165, 1.54) is 11.1 Å². The molecule has 1 unspecified atom stereocenters. The van der Waals surface area contributed by atoms with Gasteiger partial charge in [-0.25, -0.2) is 0 Å². The fourth-order valence-corrected chi connectivity index (χ4v) is 2.86. The van der Waals surface area contributed by atoms with Crippen LogP contribution in [0.5, 0.6) is 0 Å². The topological polar surface area (TPSA) is 64.6 Å². The third-order valence-electron chi connectivity index (χ3n) is 4.18. The Kier molecular flexibility index (Phi) is 7.03. The van der Waals surface area contributed by atoms with Gasteiger partial charge >= 0.3 is 0 Å². The summed E-state index contributed by atoms with van der Waals surface area (Å²) in [6.07, 6.45) is 5.59. The zero-order valence-electron chi connectivity index (χ0n) is 14.5. The Bertz CT molecular complexity index is 610. The molecule has 0 aliphatic carbocycles. The Morgan fingerprint density at radius 2 is 2.12 bits per heavy atom. The number of aliphatic hydroxyl groups excluding tert-OH is 1. The van der Waals surface area contributed by atoms with Crippen LogP contribution in [0, 0.1) is 0 Å². The van der Waals surface area contributed by atoms with Crippen molar-refractivity contribution in [2.24, 2.45) is 0 Å². The van der Waals surface area contributed by atoms with Gasteiger partial charge in [-0.15, -0.1) is 0 Å². The molecule has 3 N–H and O–H groups in total. The molecule has 130 valence electrons. The lowest BCUT2D eigenvalue weighted by Crippen LogP contribution is -2.42. The first-order valence-corrected chi connectivity index (χ1v) is 8.39. The lowest BCUT2D eigenvalue weighted by Gasteiger charge is -2.30. The predicted molar refractivity (Wildman–Crippen MR) is 96.4 cm³/mol. The molecule has 5 heteroatoms. The van der Waals surface area contributed by atoms with Crippen LogP contribution in [0.2, 0.25) is 0 Å². The third-order valence-corrected chi connectivity index (χ3v) is 4.18. The van der Waals surface area contributed by atoms with Crippen molar-refractivity contribution in [1.29, 1.82) is 0 Å². The Labute approximate surface area is 144 Å². The molecule has 1 heterocycles. The van der Waals surface area contributed by atoms with E-state index in [2.05, 4.69) is 39.8 Å². The van der Waals surface area contributed by atoms with Crippen LogP contribution in [-0.2, 0) is 17.8 Å². The number of rotatable bonds is 7. The van der Waals surface area contributed by atoms with Crippen LogP contribution in [-0.4, -0.2) is 48.7 Å². The number of nitrogens with zero attached hydrogens (tertiary/aromatic N) is 1. The van der Waals surface area contributed by atoms with E-state index in [4.69, 9.17) is 0 Å². The van der Waals surface area contributed by atoms with Crippen molar-refractivity contribution < 1.29 is 9.90 Å². The number of aliphatic hydroxyl groups is 1. The summed E-state index contributed by atoms with van der Waals surface area (Å²) in [6, 6.07) is 8.43. The molecule has 0 saturated heterocycles. The summed E-state index contributed by atoms with van der Waals surface area (Å²) in [5.41, 5.74) is 3.29. The van der Waals surface area contributed by atoms with E-state index in [9.17, 15) is 9.90 Å². The average Bonchev–Trinajstić information content (AvgIpc) is 2.60. The number of β-amino-alcohol motifs (C(OH)–C–C–N with tert-alkyl or cyclic N) is 1. The summed E-state index contributed by atoms with van der Waals surface area (Å²) in [6.45, 7) is 4.42. The fourth-order valence-electron chi connectivity index (χ4n) is 2.86. The molecule has 0 fully saturated rings. The zero-order valence-corrected chi connectivity index (χ0v) is 14.5. The summed E-state index contributed by atoms with van der Waals surface area (Å²) in [4.78, 5) is 14.3. The molecule has 2 rings (SSSR count). The number of hydrogen-bond donors (Lipinski definition) is 3. The number of amides is 1. The van der Waals surface area contributed by atoms with Crippen molar-refractivity contribution in [2.45, 2.75) is 26.0 Å². The Balaban J connectivity index is 1.79. The van der Waals surface area contributed by atoms with Crippen molar-refractivity contribution in [1.82, 2.24) is 15.5 Å². The first-order chi connectivity index (χ1) is 11.6. The molecule has 1 aliphatic heterocycles. The fraction of sp³-hybridized carbons (Fsp3) is 0.421. The summed E-state index contributed by atoms with van der Waals surface area (Å²) >= 11 is 0. The normalized spacial score (nSPS) is 16.7. The van der Waals surface area contributed by atoms with Gasteiger partial charge in [-0.3, -0.25) is 9.69 Å². The smallest absolute Gasteiger partial charge is 0.251 e. The second-order valence-electron chi connectivity index (χ2n) is 5.98. The van der Waals surface area contributed by atoms with E-state index < -0.39 is 6.10 Å². The first kappa shape index (κ1) is 18.2. The van der Waals surface area contributed by atoms with E-state index in [-0.39, 0.29) is 12.5 Å². The average molecular weight is 329 g/mol. The minimum Gasteiger partial charge on any atom is -0.394 e. The highest BCUT2D eigenvalue weighted by Gasteiger charge is 2.18. The molecule has 24 heavy (non-hydrogen) atoms. The highest BCUT2D eigenvalue weighted by molar-refractivity contribution is 5.96. The van der Waals surface area contributed by atoms with Crippen molar-refractivity contribution in [2.75, 3.05) is 26.7 Å². The van der Waals surface area contributed by atoms with E-state index in [1.807, 2.05) is 6.92 Å². The molecule has 1 amide bonds. The number of carbonyl (C=O) groups excluding carboxylic acids is 1. The maximum atomic E-state index is 12.1. The Hall–Kier alpha value is -2.11. The van der Waals surface area contributed by atoms with Crippen molar-refractivity contribution in [3.63, 3.8) is 0 Å². The van der Waals surface area contributed by atoms with E-state index in [0.29, 0.717) is 12.1 Å². The maximum absolute atomic E-state index is 12.1. The van der Waals surface area contributed by atoms with Gasteiger partial charge in [0.1, 0.15) is 0 Å². The molecule has 1 aromatic rings. The van der Waals surface area contributed by atoms with Gasteiger partial charge in [-0.2, -0.15) is 0 Å². The standard InChI is InChI=1S/C19H27N3O2/c1-3-15(8-10-20-2)19(24)21-12-18(23)14-22-11-9-16-6-4-5-7-17(16)13-22/h3-8,10,18,20,23H,9,11-14H2,1-2H3,(H,21,24)/b10-8-,15-3+. The van der Waals surface area contributed by atoms with Gasteiger partial charge in [-0.05, 0) is 36.7 Å². The van der Waals surface area contributed by atoms with Crippen molar-refractivity contribution in [3.05, 3.63) is 59.3 Å². The predicted octanol–water partition coefficient (Wildman–Crippen LogP) is 1.20. The Morgan fingerprint density at radius 3 is 2.83 bits per heavy atom. The van der Waals surface area contributed by atoms with Gasteiger partial charge in [-0.1, -0.05) is 30.3 Å². The van der Waals surface area contributed by atoms with Crippen LogP contribution in [0.1, 0.15) is 18.1 Å². The van der Waals surface area contributed by atoms with Crippen LogP contribution < -0.4 is 10.6 Å². The number of carbonyl (C=O) groups is 1. The van der Waals surface area contributed by atoms with E-state index in [0.717, 1.165) is 19.5 Å². The SMILES string of the molecule is C/C=C(\C=C/NC)C(=O)NCC(O)CN1CCc2ccccc2C1. The molecular weight excluding hydrogens is 302 g/mol. The highest BCUT2D eigenvalue weighted by atomic mass is 16.3. The minimum atomic E-state index is -0.578. The summed E-state index contributed by atoms with van der Waals surface area (Å²) in [5, 5.41) is 15.9. The number of allylic oxidation sites excluding steroid dienone is 1. The van der Waals surface area contributed by atoms with Gasteiger partial charge in [0.15, 0.2) is 0 Å². The summed E-state index contributed by atoms with van der Waals surface area (Å²) in [5.74, 6) is -0.174. The van der Waals surface area contributed by atoms with Gasteiger partial charge in [0, 0.05) is 38.8 Å². The summed E-state index contributed by atoms with van der Waals surface area (Å²) < 4.78 is 0. The second-order valence-corrected chi connectivity index (χ2v) is 5.98. The van der Waals surface area contributed by atoms with Crippen LogP contribution >= 0.6 is 0 Å². The van der Waals surface area contributed by atoms with E-state index in [1.54, 1.807) is 25.4 Å². The number of hydrogen-bond acceptors (Lipinski definition) is 4. The molecule has 0 aromatic heterocycles. The second kappa shape index (κ2) is 9.25. The van der Waals surface area contributed by atoms with E-state index >= 15 is 0 Å². The molecule has 0 spiro atoms. The molecule has 1 atom stereocenters. The van der Waals surface area contributed by atoms with Gasteiger partial charge in [0.25, 0.3) is 5.91 Å². The van der Waals surface area contributed by atoms with Crippen molar-refractivity contribution >= 4 is 5.91 Å². The molecule has 0 radical (unpaired) electrons. The van der Waals surface area contributed by atoms with Gasteiger partial charge < -0.3 is 15.7 Å². The lowest BCUT2D eigenvalue weighted by molar-refractivity contribution is -0.117. The highest BCUT2D eigenvalue weighted by Crippen LogP contribution is 2.18. The molecular formula is C19H27N3O2. The third kappa shape index (κ3) is 5.22. The van der Waals surface area contributed by atoms with Gasteiger partial charge in [0.2, 0.25) is 0 Å². The molecule has 0 bridgehead atoms.